The number of nitriles is 1. The minimum absolute atomic E-state index is 0.0835. The zero-order valence-corrected chi connectivity index (χ0v) is 12.8. The second kappa shape index (κ2) is 6.74. The van der Waals surface area contributed by atoms with Gasteiger partial charge in [-0.25, -0.2) is 4.98 Å². The fourth-order valence-corrected chi connectivity index (χ4v) is 2.29. The second-order valence-corrected chi connectivity index (χ2v) is 5.22. The first kappa shape index (κ1) is 17.5. The lowest BCUT2D eigenvalue weighted by Crippen LogP contribution is -2.51. The van der Waals surface area contributed by atoms with Crippen LogP contribution in [0.5, 0.6) is 0 Å². The van der Waals surface area contributed by atoms with E-state index < -0.39 is 17.3 Å². The number of hydrogen-bond donors (Lipinski definition) is 3. The Hall–Kier alpha value is -2.83. The molecule has 0 aromatic carbocycles. The average molecular weight is 340 g/mol. The third-order valence-corrected chi connectivity index (χ3v) is 3.39. The van der Waals surface area contributed by atoms with Gasteiger partial charge < -0.3 is 15.5 Å². The monoisotopic (exact) mass is 340 g/mol. The molecule has 1 saturated heterocycles. The normalized spacial score (nSPS) is 14.8. The molecule has 1 aliphatic heterocycles. The van der Waals surface area contributed by atoms with Crippen molar-refractivity contribution in [3.05, 3.63) is 22.9 Å². The average Bonchev–Trinajstić information content (AvgIpc) is 2.51. The van der Waals surface area contributed by atoms with Gasteiger partial charge in [-0.1, -0.05) is 0 Å². The quantitative estimate of drug-likeness (QED) is 0.764. The number of pyridine rings is 1. The van der Waals surface area contributed by atoms with Gasteiger partial charge in [-0.2, -0.15) is 18.4 Å². The van der Waals surface area contributed by atoms with Gasteiger partial charge in [0.25, 0.3) is 0 Å². The van der Waals surface area contributed by atoms with Crippen molar-refractivity contribution < 1.29 is 18.0 Å². The molecule has 1 fully saturated rings. The Kier molecular flexibility index (Phi) is 4.92. The van der Waals surface area contributed by atoms with Crippen LogP contribution in [0.15, 0.2) is 6.07 Å². The van der Waals surface area contributed by atoms with Crippen molar-refractivity contribution in [1.82, 2.24) is 15.2 Å². The lowest BCUT2D eigenvalue weighted by atomic mass is 10.1. The fraction of sp³-hybridized carbons (Fsp3) is 0.429. The van der Waals surface area contributed by atoms with Gasteiger partial charge in [0, 0.05) is 18.8 Å². The zero-order chi connectivity index (χ0) is 17.9. The Morgan fingerprint density at radius 2 is 2.29 bits per heavy atom. The fourth-order valence-electron chi connectivity index (χ4n) is 2.29. The minimum Gasteiger partial charge on any atom is -0.371 e. The molecule has 0 bridgehead atoms. The number of amidine groups is 1. The Morgan fingerprint density at radius 3 is 2.88 bits per heavy atom. The highest BCUT2D eigenvalue weighted by molar-refractivity contribution is 5.89. The van der Waals surface area contributed by atoms with E-state index in [2.05, 4.69) is 15.6 Å². The number of alkyl halides is 3. The standard InChI is InChI=1S/C14H15F3N6O/c1-8-4-10(14(15,16)17)9(5-18)13(22-8)21-6-12(24)23-3-2-20-11(19)7-23/h4H,2-3,6-7H2,1H3,(H2,19,20)(H,21,22). The summed E-state index contributed by atoms with van der Waals surface area (Å²) >= 11 is 0. The Morgan fingerprint density at radius 1 is 1.58 bits per heavy atom. The lowest BCUT2D eigenvalue weighted by Gasteiger charge is -2.28. The number of carbonyl (C=O) groups excluding carboxylic acids is 1. The summed E-state index contributed by atoms with van der Waals surface area (Å²) in [5.74, 6) is -0.467. The van der Waals surface area contributed by atoms with Crippen molar-refractivity contribution in [2.75, 3.05) is 31.5 Å². The summed E-state index contributed by atoms with van der Waals surface area (Å²) in [7, 11) is 0. The van der Waals surface area contributed by atoms with Gasteiger partial charge in [-0.05, 0) is 13.0 Å². The summed E-state index contributed by atoms with van der Waals surface area (Å²) in [5.41, 5.74) is -1.65. The number of nitrogens with zero attached hydrogens (tertiary/aromatic N) is 3. The van der Waals surface area contributed by atoms with Crippen LogP contribution < -0.4 is 10.6 Å². The summed E-state index contributed by atoms with van der Waals surface area (Å²) in [5, 5.41) is 21.8. The highest BCUT2D eigenvalue weighted by atomic mass is 19.4. The van der Waals surface area contributed by atoms with Crippen molar-refractivity contribution in [2.45, 2.75) is 13.1 Å². The van der Waals surface area contributed by atoms with E-state index in [1.165, 1.54) is 17.9 Å². The summed E-state index contributed by atoms with van der Waals surface area (Å²) in [6.07, 6.45) is -4.69. The predicted octanol–water partition coefficient (Wildman–Crippen LogP) is 1.10. The van der Waals surface area contributed by atoms with Crippen molar-refractivity contribution in [1.29, 1.82) is 10.7 Å². The van der Waals surface area contributed by atoms with Crippen LogP contribution in [0, 0.1) is 23.7 Å². The lowest BCUT2D eigenvalue weighted by molar-refractivity contribution is -0.137. The summed E-state index contributed by atoms with van der Waals surface area (Å²) in [6.45, 7) is 2.01. The van der Waals surface area contributed by atoms with Gasteiger partial charge in [-0.15, -0.1) is 0 Å². The topological polar surface area (TPSA) is 105 Å². The molecule has 0 unspecified atom stereocenters. The highest BCUT2D eigenvalue weighted by Crippen LogP contribution is 2.34. The van der Waals surface area contributed by atoms with Gasteiger partial charge in [0.15, 0.2) is 0 Å². The number of anilines is 1. The third-order valence-electron chi connectivity index (χ3n) is 3.39. The number of hydrogen-bond acceptors (Lipinski definition) is 5. The second-order valence-electron chi connectivity index (χ2n) is 5.22. The highest BCUT2D eigenvalue weighted by Gasteiger charge is 2.35. The number of amides is 1. The molecule has 3 N–H and O–H groups in total. The smallest absolute Gasteiger partial charge is 0.371 e. The van der Waals surface area contributed by atoms with E-state index in [1.54, 1.807) is 0 Å². The van der Waals surface area contributed by atoms with E-state index in [9.17, 15) is 18.0 Å². The van der Waals surface area contributed by atoms with Gasteiger partial charge >= 0.3 is 6.18 Å². The van der Waals surface area contributed by atoms with Crippen molar-refractivity contribution in [3.63, 3.8) is 0 Å². The van der Waals surface area contributed by atoms with Crippen molar-refractivity contribution >= 4 is 17.6 Å². The van der Waals surface area contributed by atoms with Crippen LogP contribution in [0.1, 0.15) is 16.8 Å². The molecule has 0 aliphatic carbocycles. The molecule has 1 aromatic heterocycles. The molecule has 1 aromatic rings. The molecule has 128 valence electrons. The maximum Gasteiger partial charge on any atom is 0.417 e. The number of aryl methyl sites for hydroxylation is 1. The number of nitrogens with one attached hydrogen (secondary N) is 3. The van der Waals surface area contributed by atoms with E-state index >= 15 is 0 Å². The molecule has 2 heterocycles. The van der Waals surface area contributed by atoms with Crippen LogP contribution in [0.2, 0.25) is 0 Å². The molecule has 0 saturated carbocycles. The number of halogens is 3. The number of rotatable bonds is 3. The van der Waals surface area contributed by atoms with Crippen LogP contribution >= 0.6 is 0 Å². The summed E-state index contributed by atoms with van der Waals surface area (Å²) in [6, 6.07) is 2.29. The van der Waals surface area contributed by atoms with E-state index in [1.807, 2.05) is 0 Å². The molecule has 7 nitrogen and oxygen atoms in total. The van der Waals surface area contributed by atoms with Crippen LogP contribution in [0.4, 0.5) is 19.0 Å². The van der Waals surface area contributed by atoms with E-state index in [0.29, 0.717) is 13.1 Å². The SMILES string of the molecule is Cc1cc(C(F)(F)F)c(C#N)c(NCC(=O)N2CCNC(=N)C2)n1. The first-order valence-electron chi connectivity index (χ1n) is 7.04. The predicted molar refractivity (Wildman–Crippen MR) is 79.5 cm³/mol. The Labute approximate surface area is 136 Å². The summed E-state index contributed by atoms with van der Waals surface area (Å²) in [4.78, 5) is 17.4. The molecule has 0 atom stereocenters. The van der Waals surface area contributed by atoms with E-state index in [4.69, 9.17) is 10.7 Å². The molecule has 2 rings (SSSR count). The molecular weight excluding hydrogens is 325 g/mol. The molecule has 0 spiro atoms. The van der Waals surface area contributed by atoms with Crippen molar-refractivity contribution in [3.8, 4) is 6.07 Å². The minimum atomic E-state index is -4.69. The van der Waals surface area contributed by atoms with Gasteiger partial charge in [0.2, 0.25) is 5.91 Å². The Bertz CT molecular complexity index is 710. The van der Waals surface area contributed by atoms with E-state index in [0.717, 1.165) is 6.07 Å². The first-order chi connectivity index (χ1) is 11.2. The molecular formula is C14H15F3N6O. The molecule has 1 amide bonds. The van der Waals surface area contributed by atoms with Gasteiger partial charge in [0.05, 0.1) is 18.7 Å². The Balaban J connectivity index is 2.18. The van der Waals surface area contributed by atoms with Crippen LogP contribution in [0.3, 0.4) is 0 Å². The van der Waals surface area contributed by atoms with Gasteiger partial charge in [0.1, 0.15) is 23.3 Å². The number of aromatic nitrogens is 1. The maximum atomic E-state index is 13.0. The molecule has 1 aliphatic rings. The zero-order valence-electron chi connectivity index (χ0n) is 12.8. The third kappa shape index (κ3) is 3.92. The number of carbonyl (C=O) groups is 1. The van der Waals surface area contributed by atoms with Crippen molar-refractivity contribution in [2.24, 2.45) is 0 Å². The first-order valence-corrected chi connectivity index (χ1v) is 7.04. The van der Waals surface area contributed by atoms with Crippen LogP contribution in [-0.2, 0) is 11.0 Å². The largest absolute Gasteiger partial charge is 0.417 e. The van der Waals surface area contributed by atoms with Crippen LogP contribution in [0.25, 0.3) is 0 Å². The summed E-state index contributed by atoms with van der Waals surface area (Å²) < 4.78 is 39.0. The van der Waals surface area contributed by atoms with Crippen LogP contribution in [-0.4, -0.2) is 47.8 Å². The molecule has 0 radical (unpaired) electrons. The number of piperazine rings is 1. The van der Waals surface area contributed by atoms with E-state index in [-0.39, 0.29) is 36.3 Å². The molecule has 10 heteroatoms. The molecule has 24 heavy (non-hydrogen) atoms. The van der Waals surface area contributed by atoms with Gasteiger partial charge in [-0.3, -0.25) is 10.2 Å². The maximum absolute atomic E-state index is 13.0.